The summed E-state index contributed by atoms with van der Waals surface area (Å²) in [6, 6.07) is 6.37. The van der Waals surface area contributed by atoms with Crippen molar-refractivity contribution in [3.05, 3.63) is 41.7 Å². The highest BCUT2D eigenvalue weighted by Crippen LogP contribution is 2.07. The van der Waals surface area contributed by atoms with E-state index in [2.05, 4.69) is 10.2 Å². The lowest BCUT2D eigenvalue weighted by molar-refractivity contribution is -0.116. The average Bonchev–Trinajstić information content (AvgIpc) is 2.52. The number of nitrogens with one attached hydrogen (secondary N) is 1. The van der Waals surface area contributed by atoms with Gasteiger partial charge < -0.3 is 10.1 Å². The van der Waals surface area contributed by atoms with E-state index in [-0.39, 0.29) is 24.1 Å². The first-order valence-electron chi connectivity index (χ1n) is 7.26. The molecule has 0 radical (unpaired) electrons. The van der Waals surface area contributed by atoms with Gasteiger partial charge in [-0.15, -0.1) is 12.4 Å². The Morgan fingerprint density at radius 1 is 1.32 bits per heavy atom. The Morgan fingerprint density at radius 2 is 2.05 bits per heavy atom. The summed E-state index contributed by atoms with van der Waals surface area (Å²) >= 11 is 0. The molecule has 22 heavy (non-hydrogen) atoms. The lowest BCUT2D eigenvalue weighted by Crippen LogP contribution is -2.38. The molecule has 1 amide bonds. The lowest BCUT2D eigenvalue weighted by atomic mass is 10.2. The summed E-state index contributed by atoms with van der Waals surface area (Å²) in [5, 5.41) is 2.81. The number of benzene rings is 1. The zero-order valence-electron chi connectivity index (χ0n) is 12.5. The van der Waals surface area contributed by atoms with Crippen molar-refractivity contribution in [3.8, 4) is 0 Å². The highest BCUT2D eigenvalue weighted by atomic mass is 35.5. The van der Waals surface area contributed by atoms with E-state index < -0.39 is 0 Å². The summed E-state index contributed by atoms with van der Waals surface area (Å²) in [7, 11) is 0. The van der Waals surface area contributed by atoms with E-state index in [0.29, 0.717) is 12.1 Å². The summed E-state index contributed by atoms with van der Waals surface area (Å²) in [4.78, 5) is 13.9. The Labute approximate surface area is 136 Å². The van der Waals surface area contributed by atoms with Crippen molar-refractivity contribution in [1.29, 1.82) is 0 Å². The van der Waals surface area contributed by atoms with Gasteiger partial charge >= 0.3 is 0 Å². The van der Waals surface area contributed by atoms with Crippen LogP contribution in [0.5, 0.6) is 0 Å². The Balaban J connectivity index is 0.00000242. The fraction of sp³-hybridized carbons (Fsp3) is 0.438. The van der Waals surface area contributed by atoms with Crippen LogP contribution in [0.4, 0.5) is 4.39 Å². The molecule has 1 heterocycles. The molecular formula is C16H22ClFN2O2. The molecular weight excluding hydrogens is 307 g/mol. The quantitative estimate of drug-likeness (QED) is 0.642. The molecule has 0 aromatic heterocycles. The van der Waals surface area contributed by atoms with Crippen molar-refractivity contribution in [2.75, 3.05) is 39.4 Å². The third kappa shape index (κ3) is 6.56. The monoisotopic (exact) mass is 328 g/mol. The number of nitrogens with zero attached hydrogens (tertiary/aromatic N) is 1. The number of morpholine rings is 1. The maximum absolute atomic E-state index is 13.4. The molecule has 0 spiro atoms. The molecule has 1 aliphatic heterocycles. The van der Waals surface area contributed by atoms with Crippen LogP contribution < -0.4 is 5.32 Å². The number of carbonyl (C=O) groups is 1. The van der Waals surface area contributed by atoms with E-state index in [1.54, 1.807) is 18.2 Å². The number of ether oxygens (including phenoxy) is 1. The van der Waals surface area contributed by atoms with Crippen LogP contribution in [0.15, 0.2) is 30.3 Å². The predicted octanol–water partition coefficient (Wildman–Crippen LogP) is 2.10. The van der Waals surface area contributed by atoms with Gasteiger partial charge in [-0.1, -0.05) is 18.2 Å². The number of amides is 1. The summed E-state index contributed by atoms with van der Waals surface area (Å²) in [5.74, 6) is -0.519. The molecule has 1 aromatic carbocycles. The van der Waals surface area contributed by atoms with Gasteiger partial charge in [0, 0.05) is 31.3 Å². The van der Waals surface area contributed by atoms with Crippen LogP contribution in [0.2, 0.25) is 0 Å². The molecule has 1 N–H and O–H groups in total. The van der Waals surface area contributed by atoms with Gasteiger partial charge in [-0.25, -0.2) is 4.39 Å². The van der Waals surface area contributed by atoms with E-state index in [0.717, 1.165) is 39.3 Å². The molecule has 2 rings (SSSR count). The minimum atomic E-state index is -0.325. The number of hydrogen-bond acceptors (Lipinski definition) is 3. The van der Waals surface area contributed by atoms with E-state index in [1.807, 2.05) is 0 Å². The summed E-state index contributed by atoms with van der Waals surface area (Å²) in [6.45, 7) is 5.08. The Hall–Kier alpha value is -1.43. The molecule has 1 saturated heterocycles. The minimum absolute atomic E-state index is 0. The van der Waals surface area contributed by atoms with Gasteiger partial charge in [-0.05, 0) is 25.1 Å². The third-order valence-corrected chi connectivity index (χ3v) is 3.37. The van der Waals surface area contributed by atoms with Crippen LogP contribution in [0.3, 0.4) is 0 Å². The van der Waals surface area contributed by atoms with Crippen LogP contribution in [0.25, 0.3) is 6.08 Å². The van der Waals surface area contributed by atoms with Crippen molar-refractivity contribution in [3.63, 3.8) is 0 Å². The van der Waals surface area contributed by atoms with Crippen molar-refractivity contribution in [2.24, 2.45) is 0 Å². The summed E-state index contributed by atoms with van der Waals surface area (Å²) < 4.78 is 18.6. The molecule has 0 aliphatic carbocycles. The SMILES string of the molecule is Cl.O=C(/C=C/c1ccccc1F)NCCCN1CCOCC1. The van der Waals surface area contributed by atoms with Crippen molar-refractivity contribution in [1.82, 2.24) is 10.2 Å². The number of carbonyl (C=O) groups excluding carboxylic acids is 1. The number of rotatable bonds is 6. The smallest absolute Gasteiger partial charge is 0.244 e. The molecule has 0 bridgehead atoms. The second-order valence-corrected chi connectivity index (χ2v) is 4.95. The normalized spacial score (nSPS) is 15.5. The Kier molecular flexibility index (Phi) is 8.74. The first-order chi connectivity index (χ1) is 10.3. The first-order valence-corrected chi connectivity index (χ1v) is 7.26. The number of halogens is 2. The van der Waals surface area contributed by atoms with Gasteiger partial charge in [0.05, 0.1) is 13.2 Å². The van der Waals surface area contributed by atoms with E-state index >= 15 is 0 Å². The molecule has 4 nitrogen and oxygen atoms in total. The van der Waals surface area contributed by atoms with Crippen LogP contribution in [-0.4, -0.2) is 50.2 Å². The third-order valence-electron chi connectivity index (χ3n) is 3.37. The van der Waals surface area contributed by atoms with Gasteiger partial charge in [0.15, 0.2) is 0 Å². The second-order valence-electron chi connectivity index (χ2n) is 4.95. The molecule has 0 unspecified atom stereocenters. The zero-order valence-corrected chi connectivity index (χ0v) is 13.3. The minimum Gasteiger partial charge on any atom is -0.379 e. The molecule has 6 heteroatoms. The highest BCUT2D eigenvalue weighted by Gasteiger charge is 2.09. The maximum atomic E-state index is 13.4. The number of hydrogen-bond donors (Lipinski definition) is 1. The van der Waals surface area contributed by atoms with Gasteiger partial charge in [0.2, 0.25) is 5.91 Å². The van der Waals surface area contributed by atoms with Crippen LogP contribution in [0.1, 0.15) is 12.0 Å². The summed E-state index contributed by atoms with van der Waals surface area (Å²) in [6.07, 6.45) is 3.76. The Morgan fingerprint density at radius 3 is 2.77 bits per heavy atom. The summed E-state index contributed by atoms with van der Waals surface area (Å²) in [5.41, 5.74) is 0.418. The van der Waals surface area contributed by atoms with Crippen LogP contribution >= 0.6 is 12.4 Å². The average molecular weight is 329 g/mol. The zero-order chi connectivity index (χ0) is 14.9. The van der Waals surface area contributed by atoms with Crippen LogP contribution in [-0.2, 0) is 9.53 Å². The van der Waals surface area contributed by atoms with Gasteiger partial charge in [0.25, 0.3) is 0 Å². The first kappa shape index (κ1) is 18.6. The standard InChI is InChI=1S/C16H21FN2O2.ClH/c17-15-5-2-1-4-14(15)6-7-16(20)18-8-3-9-19-10-12-21-13-11-19;/h1-2,4-7H,3,8-13H2,(H,18,20);1H/b7-6+;. The molecule has 0 saturated carbocycles. The Bertz CT molecular complexity index is 491. The molecule has 122 valence electrons. The fourth-order valence-corrected chi connectivity index (χ4v) is 2.17. The van der Waals surface area contributed by atoms with Gasteiger partial charge in [0.1, 0.15) is 5.82 Å². The predicted molar refractivity (Wildman–Crippen MR) is 87.6 cm³/mol. The largest absolute Gasteiger partial charge is 0.379 e. The molecule has 1 fully saturated rings. The molecule has 0 atom stereocenters. The van der Waals surface area contributed by atoms with E-state index in [4.69, 9.17) is 4.74 Å². The van der Waals surface area contributed by atoms with Crippen molar-refractivity contribution >= 4 is 24.4 Å². The lowest BCUT2D eigenvalue weighted by Gasteiger charge is -2.26. The van der Waals surface area contributed by atoms with Crippen molar-refractivity contribution in [2.45, 2.75) is 6.42 Å². The van der Waals surface area contributed by atoms with E-state index in [1.165, 1.54) is 18.2 Å². The molecule has 1 aliphatic rings. The fourth-order valence-electron chi connectivity index (χ4n) is 2.17. The highest BCUT2D eigenvalue weighted by molar-refractivity contribution is 5.91. The van der Waals surface area contributed by atoms with Crippen molar-refractivity contribution < 1.29 is 13.9 Å². The maximum Gasteiger partial charge on any atom is 0.244 e. The molecule has 1 aromatic rings. The topological polar surface area (TPSA) is 41.6 Å². The van der Waals surface area contributed by atoms with Gasteiger partial charge in [-0.2, -0.15) is 0 Å². The van der Waals surface area contributed by atoms with Crippen LogP contribution in [0, 0.1) is 5.82 Å². The van der Waals surface area contributed by atoms with E-state index in [9.17, 15) is 9.18 Å². The van der Waals surface area contributed by atoms with Gasteiger partial charge in [-0.3, -0.25) is 9.69 Å². The second kappa shape index (κ2) is 10.3.